The normalized spacial score (nSPS) is 43.6. The summed E-state index contributed by atoms with van der Waals surface area (Å²) >= 11 is 5.94. The molecule has 3 N–H and O–H groups in total. The van der Waals surface area contributed by atoms with Crippen LogP contribution in [0.15, 0.2) is 36.5 Å². The third kappa shape index (κ3) is 2.84. The Balaban J connectivity index is 2.09. The van der Waals surface area contributed by atoms with E-state index in [2.05, 4.69) is 19.7 Å². The molecule has 1 aliphatic heterocycles. The molecule has 8 unspecified atom stereocenters. The van der Waals surface area contributed by atoms with E-state index in [1.807, 2.05) is 0 Å². The molecule has 3 fully saturated rings. The molecule has 0 amide bonds. The van der Waals surface area contributed by atoms with Crippen molar-refractivity contribution in [3.8, 4) is 0 Å². The number of alkyl halides is 1. The van der Waals surface area contributed by atoms with Crippen LogP contribution in [0, 0.1) is 17.8 Å². The standard InChI is InChI=1S/C19H23ClO7/c1-7(2)17(23)26-10-5-8(3)11-13(15-12(10)9(4)18(24)27-15)19(25,6-20)16(22)14(11)21/h10-16,21-22,25H,1,3-6H2,2H3. The Bertz CT molecular complexity index is 732. The lowest BCUT2D eigenvalue weighted by Gasteiger charge is -2.36. The maximum atomic E-state index is 12.2. The number of rotatable bonds is 3. The number of hydrogen-bond acceptors (Lipinski definition) is 7. The van der Waals surface area contributed by atoms with E-state index in [1.54, 1.807) is 0 Å². The molecule has 0 spiro atoms. The van der Waals surface area contributed by atoms with Gasteiger partial charge in [-0.15, -0.1) is 11.6 Å². The molecule has 0 aromatic carbocycles. The number of carbonyl (C=O) groups excluding carboxylic acids is 2. The lowest BCUT2D eigenvalue weighted by atomic mass is 9.76. The summed E-state index contributed by atoms with van der Waals surface area (Å²) in [7, 11) is 0. The minimum absolute atomic E-state index is 0.0979. The van der Waals surface area contributed by atoms with E-state index in [9.17, 15) is 24.9 Å². The van der Waals surface area contributed by atoms with E-state index < -0.39 is 59.7 Å². The second-order valence-corrected chi connectivity index (χ2v) is 7.89. The lowest BCUT2D eigenvalue weighted by Crippen LogP contribution is -2.52. The van der Waals surface area contributed by atoms with Crippen molar-refractivity contribution in [2.24, 2.45) is 17.8 Å². The molecule has 1 heterocycles. The second-order valence-electron chi connectivity index (χ2n) is 7.62. The molecule has 148 valence electrons. The minimum Gasteiger partial charge on any atom is -0.458 e. The quantitative estimate of drug-likeness (QED) is 0.274. The van der Waals surface area contributed by atoms with Gasteiger partial charge in [0.25, 0.3) is 0 Å². The fourth-order valence-electron chi connectivity index (χ4n) is 4.58. The van der Waals surface area contributed by atoms with E-state index in [0.29, 0.717) is 5.57 Å². The van der Waals surface area contributed by atoms with Crippen LogP contribution in [-0.2, 0) is 19.1 Å². The number of aliphatic hydroxyl groups is 3. The highest BCUT2D eigenvalue weighted by Crippen LogP contribution is 2.55. The van der Waals surface area contributed by atoms with Crippen LogP contribution in [0.1, 0.15) is 13.3 Å². The van der Waals surface area contributed by atoms with Crippen LogP contribution >= 0.6 is 11.6 Å². The highest BCUT2D eigenvalue weighted by molar-refractivity contribution is 6.18. The summed E-state index contributed by atoms with van der Waals surface area (Å²) in [4.78, 5) is 24.3. The van der Waals surface area contributed by atoms with Crippen molar-refractivity contribution in [2.75, 3.05) is 5.88 Å². The fourth-order valence-corrected chi connectivity index (χ4v) is 4.92. The minimum atomic E-state index is -1.91. The summed E-state index contributed by atoms with van der Waals surface area (Å²) in [5.41, 5.74) is -1.16. The zero-order valence-corrected chi connectivity index (χ0v) is 15.7. The topological polar surface area (TPSA) is 113 Å². The molecule has 3 aliphatic rings. The van der Waals surface area contributed by atoms with E-state index >= 15 is 0 Å². The molecular formula is C19H23ClO7. The maximum Gasteiger partial charge on any atom is 0.334 e. The first kappa shape index (κ1) is 20.1. The zero-order valence-electron chi connectivity index (χ0n) is 14.9. The predicted octanol–water partition coefficient (Wildman–Crippen LogP) is 0.470. The molecule has 8 atom stereocenters. The molecule has 2 aliphatic carbocycles. The van der Waals surface area contributed by atoms with Gasteiger partial charge in [0.1, 0.15) is 23.9 Å². The number of esters is 2. The van der Waals surface area contributed by atoms with Gasteiger partial charge in [-0.05, 0) is 6.92 Å². The third-order valence-electron chi connectivity index (χ3n) is 5.94. The van der Waals surface area contributed by atoms with Crippen molar-refractivity contribution in [1.29, 1.82) is 0 Å². The Morgan fingerprint density at radius 3 is 2.56 bits per heavy atom. The maximum absolute atomic E-state index is 12.2. The van der Waals surface area contributed by atoms with Gasteiger partial charge in [0.2, 0.25) is 0 Å². The predicted molar refractivity (Wildman–Crippen MR) is 95.6 cm³/mol. The molecule has 0 bridgehead atoms. The SMILES string of the molecule is C=C(C)C(=O)OC1CC(=C)C2C(O)C(O)C(O)(CCl)C2C2OC(=O)C(=C)C12. The third-order valence-corrected chi connectivity index (χ3v) is 6.37. The fraction of sp³-hybridized carbons (Fsp3) is 0.579. The van der Waals surface area contributed by atoms with Gasteiger partial charge in [0.15, 0.2) is 0 Å². The zero-order chi connectivity index (χ0) is 20.3. The van der Waals surface area contributed by atoms with Gasteiger partial charge >= 0.3 is 11.9 Å². The molecule has 0 aromatic heterocycles. The molecule has 8 heteroatoms. The number of fused-ring (bicyclic) bond motifs is 3. The largest absolute Gasteiger partial charge is 0.458 e. The second kappa shape index (κ2) is 6.74. The first-order valence-electron chi connectivity index (χ1n) is 8.63. The number of aliphatic hydroxyl groups excluding tert-OH is 2. The van der Waals surface area contributed by atoms with Gasteiger partial charge < -0.3 is 24.8 Å². The van der Waals surface area contributed by atoms with Crippen LogP contribution in [0.2, 0.25) is 0 Å². The summed E-state index contributed by atoms with van der Waals surface area (Å²) in [5, 5.41) is 32.0. The van der Waals surface area contributed by atoms with Crippen LogP contribution in [0.5, 0.6) is 0 Å². The number of ether oxygens (including phenoxy) is 2. The van der Waals surface area contributed by atoms with Crippen LogP contribution in [0.4, 0.5) is 0 Å². The van der Waals surface area contributed by atoms with Crippen LogP contribution in [0.25, 0.3) is 0 Å². The van der Waals surface area contributed by atoms with Crippen molar-refractivity contribution in [2.45, 2.75) is 43.4 Å². The van der Waals surface area contributed by atoms with E-state index in [-0.39, 0.29) is 23.4 Å². The van der Waals surface area contributed by atoms with Crippen molar-refractivity contribution < 1.29 is 34.4 Å². The van der Waals surface area contributed by atoms with Gasteiger partial charge in [-0.2, -0.15) is 0 Å². The lowest BCUT2D eigenvalue weighted by molar-refractivity contribution is -0.155. The molecule has 7 nitrogen and oxygen atoms in total. The van der Waals surface area contributed by atoms with E-state index in [4.69, 9.17) is 21.1 Å². The molecule has 0 aromatic rings. The Morgan fingerprint density at radius 1 is 1.37 bits per heavy atom. The first-order chi connectivity index (χ1) is 12.5. The van der Waals surface area contributed by atoms with Gasteiger partial charge in [-0.3, -0.25) is 0 Å². The summed E-state index contributed by atoms with van der Waals surface area (Å²) in [6.45, 7) is 12.8. The van der Waals surface area contributed by atoms with Crippen molar-refractivity contribution >= 4 is 23.5 Å². The van der Waals surface area contributed by atoms with Crippen molar-refractivity contribution in [3.63, 3.8) is 0 Å². The Kier molecular flexibility index (Phi) is 5.01. The number of carbonyl (C=O) groups is 2. The van der Waals surface area contributed by atoms with E-state index in [1.165, 1.54) is 6.92 Å². The van der Waals surface area contributed by atoms with Gasteiger partial charge in [0, 0.05) is 29.4 Å². The monoisotopic (exact) mass is 398 g/mol. The Morgan fingerprint density at radius 2 is 2.00 bits per heavy atom. The Labute approximate surface area is 161 Å². The molecule has 1 saturated heterocycles. The van der Waals surface area contributed by atoms with Crippen LogP contribution in [0.3, 0.4) is 0 Å². The summed E-state index contributed by atoms with van der Waals surface area (Å²) in [5.74, 6) is -4.18. The van der Waals surface area contributed by atoms with Gasteiger partial charge in [-0.25, -0.2) is 9.59 Å². The molecule has 2 saturated carbocycles. The summed E-state index contributed by atoms with van der Waals surface area (Å²) in [6, 6.07) is 0. The number of hydrogen-bond donors (Lipinski definition) is 3. The van der Waals surface area contributed by atoms with Crippen LogP contribution < -0.4 is 0 Å². The molecule has 27 heavy (non-hydrogen) atoms. The highest BCUT2D eigenvalue weighted by Gasteiger charge is 2.67. The summed E-state index contributed by atoms with van der Waals surface area (Å²) < 4.78 is 11.0. The van der Waals surface area contributed by atoms with Gasteiger partial charge in [0.05, 0.1) is 17.9 Å². The molecule has 0 radical (unpaired) electrons. The van der Waals surface area contributed by atoms with Crippen LogP contribution in [-0.4, -0.2) is 63.2 Å². The Hall–Kier alpha value is -1.67. The molecular weight excluding hydrogens is 376 g/mol. The summed E-state index contributed by atoms with van der Waals surface area (Å²) in [6.07, 6.45) is -4.59. The highest BCUT2D eigenvalue weighted by atomic mass is 35.5. The molecule has 3 rings (SSSR count). The average molecular weight is 399 g/mol. The number of halogens is 1. The van der Waals surface area contributed by atoms with E-state index in [0.717, 1.165) is 0 Å². The smallest absolute Gasteiger partial charge is 0.334 e. The first-order valence-corrected chi connectivity index (χ1v) is 9.16. The average Bonchev–Trinajstić information content (AvgIpc) is 2.95. The van der Waals surface area contributed by atoms with Gasteiger partial charge in [-0.1, -0.05) is 25.3 Å². The van der Waals surface area contributed by atoms with Crippen molar-refractivity contribution in [1.82, 2.24) is 0 Å². The van der Waals surface area contributed by atoms with Crippen molar-refractivity contribution in [3.05, 3.63) is 36.5 Å².